The summed E-state index contributed by atoms with van der Waals surface area (Å²) < 4.78 is 7.65. The Labute approximate surface area is 215 Å². The number of hydrogen-bond acceptors (Lipinski definition) is 3. The molecule has 0 amide bonds. The average Bonchev–Trinajstić information content (AvgIpc) is 2.67. The molecule has 31 heavy (non-hydrogen) atoms. The average molecular weight is 501 g/mol. The number of terminal acetylenes is 1. The molecule has 0 aliphatic heterocycles. The number of nitrogens with zero attached hydrogens (tertiary/aromatic N) is 2. The zero-order chi connectivity index (χ0) is 22.1. The van der Waals surface area contributed by atoms with Crippen LogP contribution in [0.3, 0.4) is 0 Å². The second-order valence-corrected chi connectivity index (χ2v) is 7.87. The van der Waals surface area contributed by atoms with Crippen molar-refractivity contribution in [1.82, 2.24) is 9.78 Å². The zero-order valence-corrected chi connectivity index (χ0v) is 23.7. The van der Waals surface area contributed by atoms with Crippen molar-refractivity contribution in [2.45, 2.75) is 74.5 Å². The summed E-state index contributed by atoms with van der Waals surface area (Å²) in [7, 11) is 0. The summed E-state index contributed by atoms with van der Waals surface area (Å²) in [4.78, 5) is 13.4. The van der Waals surface area contributed by atoms with Crippen LogP contribution in [0.25, 0.3) is 11.1 Å². The first-order valence-electron chi connectivity index (χ1n) is 10.6. The topological polar surface area (TPSA) is 44.1 Å². The van der Waals surface area contributed by atoms with Crippen molar-refractivity contribution in [1.29, 1.82) is 0 Å². The number of hydrogen-bond donors (Lipinski definition) is 0. The van der Waals surface area contributed by atoms with Gasteiger partial charge >= 0.3 is 0 Å². The van der Waals surface area contributed by atoms with E-state index >= 15 is 0 Å². The van der Waals surface area contributed by atoms with Crippen LogP contribution in [-0.4, -0.2) is 15.9 Å². The van der Waals surface area contributed by atoms with E-state index in [1.54, 1.807) is 11.6 Å². The first-order chi connectivity index (χ1) is 13.7. The van der Waals surface area contributed by atoms with Crippen LogP contribution in [0.15, 0.2) is 29.1 Å². The molecule has 0 saturated carbocycles. The maximum absolute atomic E-state index is 13.4. The van der Waals surface area contributed by atoms with E-state index in [0.717, 1.165) is 16.8 Å². The Morgan fingerprint density at radius 1 is 1.10 bits per heavy atom. The SMILES string of the molecule is C#CC(C)Oc1c(CC(C)C)nn(CC(C)C)c(=O)c1-c1ccccc1C.CC.[CH3-].[Y]. The van der Waals surface area contributed by atoms with E-state index in [1.165, 1.54) is 0 Å². The molecule has 1 aromatic carbocycles. The van der Waals surface area contributed by atoms with Gasteiger partial charge in [-0.25, -0.2) is 4.68 Å². The quantitative estimate of drug-likeness (QED) is 0.349. The van der Waals surface area contributed by atoms with Crippen molar-refractivity contribution in [3.05, 3.63) is 53.3 Å². The van der Waals surface area contributed by atoms with Crippen molar-refractivity contribution in [3.63, 3.8) is 0 Å². The molecule has 0 saturated heterocycles. The largest absolute Gasteiger partial charge is 0.475 e. The summed E-state index contributed by atoms with van der Waals surface area (Å²) >= 11 is 0. The third-order valence-electron chi connectivity index (χ3n) is 4.26. The van der Waals surface area contributed by atoms with Gasteiger partial charge in [0.15, 0.2) is 11.9 Å². The van der Waals surface area contributed by atoms with Crippen molar-refractivity contribution in [2.75, 3.05) is 0 Å². The third-order valence-corrected chi connectivity index (χ3v) is 4.26. The summed E-state index contributed by atoms with van der Waals surface area (Å²) in [6, 6.07) is 7.86. The molecule has 1 aromatic heterocycles. The van der Waals surface area contributed by atoms with Crippen molar-refractivity contribution in [2.24, 2.45) is 11.8 Å². The fourth-order valence-electron chi connectivity index (χ4n) is 3.03. The van der Waals surface area contributed by atoms with Gasteiger partial charge in [-0.15, -0.1) is 6.42 Å². The van der Waals surface area contributed by atoms with Crippen LogP contribution in [0.1, 0.15) is 59.7 Å². The molecule has 2 rings (SSSR count). The fourth-order valence-corrected chi connectivity index (χ4v) is 3.03. The van der Waals surface area contributed by atoms with Crippen LogP contribution in [-0.2, 0) is 45.7 Å². The van der Waals surface area contributed by atoms with Crippen molar-refractivity contribution < 1.29 is 37.4 Å². The number of ether oxygens (including phenoxy) is 1. The second kappa shape index (κ2) is 15.4. The van der Waals surface area contributed by atoms with Crippen LogP contribution >= 0.6 is 0 Å². The summed E-state index contributed by atoms with van der Waals surface area (Å²) in [6.07, 6.45) is 5.81. The Bertz CT molecular complexity index is 895. The van der Waals surface area contributed by atoms with Gasteiger partial charge in [-0.3, -0.25) is 4.79 Å². The minimum Gasteiger partial charge on any atom is -0.475 e. The molecule has 0 fully saturated rings. The van der Waals surface area contributed by atoms with E-state index in [-0.39, 0.29) is 45.7 Å². The molecular formula is C26H39N2O2Y-. The summed E-state index contributed by atoms with van der Waals surface area (Å²) in [5.41, 5.74) is 3.09. The smallest absolute Gasteiger partial charge is 0.278 e. The maximum atomic E-state index is 13.4. The Morgan fingerprint density at radius 3 is 2.16 bits per heavy atom. The van der Waals surface area contributed by atoms with E-state index < -0.39 is 6.10 Å². The molecule has 1 atom stereocenters. The van der Waals surface area contributed by atoms with Gasteiger partial charge in [0.25, 0.3) is 5.56 Å². The Hall–Kier alpha value is -1.44. The van der Waals surface area contributed by atoms with Gasteiger partial charge in [0.05, 0.1) is 5.56 Å². The van der Waals surface area contributed by atoms with Gasteiger partial charge in [0.2, 0.25) is 0 Å². The predicted molar refractivity (Wildman–Crippen MR) is 129 cm³/mol. The van der Waals surface area contributed by atoms with Crippen molar-refractivity contribution >= 4 is 0 Å². The maximum Gasteiger partial charge on any atom is 0.278 e. The summed E-state index contributed by atoms with van der Waals surface area (Å²) in [6.45, 7) is 16.8. The van der Waals surface area contributed by atoms with Crippen molar-refractivity contribution in [3.8, 4) is 29.2 Å². The van der Waals surface area contributed by atoms with E-state index in [1.807, 2.05) is 45.0 Å². The monoisotopic (exact) mass is 500 g/mol. The van der Waals surface area contributed by atoms with Crippen LogP contribution in [0.4, 0.5) is 0 Å². The molecule has 2 aromatic rings. The van der Waals surface area contributed by atoms with Crippen LogP contribution < -0.4 is 10.3 Å². The van der Waals surface area contributed by atoms with E-state index in [0.29, 0.717) is 36.1 Å². The van der Waals surface area contributed by atoms with Crippen LogP contribution in [0, 0.1) is 38.5 Å². The second-order valence-electron chi connectivity index (χ2n) is 7.87. The van der Waals surface area contributed by atoms with E-state index in [4.69, 9.17) is 11.2 Å². The predicted octanol–water partition coefficient (Wildman–Crippen LogP) is 5.95. The van der Waals surface area contributed by atoms with Gasteiger partial charge in [0.1, 0.15) is 5.69 Å². The molecule has 0 N–H and O–H groups in total. The molecule has 1 radical (unpaired) electrons. The Kier molecular flexibility index (Phi) is 15.8. The Morgan fingerprint density at radius 2 is 1.68 bits per heavy atom. The standard InChI is InChI=1S/C23H30N2O2.C2H6.CH3.Y/c1-8-18(7)27-22-20(13-15(2)3)24-25(14-16(4)5)23(26)21(22)19-12-10-9-11-17(19)6;1-2;;/h1,9-12,15-16,18H,13-14H2,2-7H3;1-2H3;1H3;/q;;-1;. The molecule has 0 spiro atoms. The van der Waals surface area contributed by atoms with Crippen LogP contribution in [0.2, 0.25) is 0 Å². The number of aromatic nitrogens is 2. The van der Waals surface area contributed by atoms with Gasteiger partial charge in [-0.05, 0) is 43.2 Å². The molecule has 169 valence electrons. The number of aryl methyl sites for hydroxylation is 1. The van der Waals surface area contributed by atoms with E-state index in [2.05, 4.69) is 38.7 Å². The zero-order valence-electron chi connectivity index (χ0n) is 20.8. The molecule has 0 aliphatic carbocycles. The molecule has 1 unspecified atom stereocenters. The van der Waals surface area contributed by atoms with Gasteiger partial charge in [-0.2, -0.15) is 5.10 Å². The first-order valence-corrected chi connectivity index (χ1v) is 10.6. The molecule has 0 aliphatic rings. The number of rotatable bonds is 7. The van der Waals surface area contributed by atoms with Crippen LogP contribution in [0.5, 0.6) is 5.75 Å². The number of benzene rings is 1. The Balaban J connectivity index is 0. The van der Waals surface area contributed by atoms with E-state index in [9.17, 15) is 4.79 Å². The first kappa shape index (κ1) is 31.7. The minimum atomic E-state index is -0.444. The molecular weight excluding hydrogens is 461 g/mol. The molecule has 5 heteroatoms. The third kappa shape index (κ3) is 8.91. The molecule has 0 bridgehead atoms. The fraction of sp³-hybridized carbons (Fsp3) is 0.500. The summed E-state index contributed by atoms with van der Waals surface area (Å²) in [5, 5.41) is 4.67. The van der Waals surface area contributed by atoms with Gasteiger partial charge < -0.3 is 12.2 Å². The summed E-state index contributed by atoms with van der Waals surface area (Å²) in [5.74, 6) is 3.80. The molecule has 1 heterocycles. The minimum absolute atomic E-state index is 0. The normalized spacial score (nSPS) is 10.9. The van der Waals surface area contributed by atoms with Gasteiger partial charge in [-0.1, -0.05) is 71.7 Å². The molecule has 4 nitrogen and oxygen atoms in total. The van der Waals surface area contributed by atoms with Gasteiger partial charge in [0, 0.05) is 39.3 Å².